The number of hydrogen-bond donors (Lipinski definition) is 0. The topological polar surface area (TPSA) is 78.9 Å². The Labute approximate surface area is 488 Å². The fourth-order valence-corrected chi connectivity index (χ4v) is 8.98. The predicted octanol–water partition coefficient (Wildman–Crippen LogP) is 22.8. The molecule has 0 bridgehead atoms. The van der Waals surface area contributed by atoms with E-state index in [2.05, 4.69) is 142 Å². The van der Waals surface area contributed by atoms with E-state index in [0.29, 0.717) is 19.3 Å². The maximum atomic E-state index is 12.9. The van der Waals surface area contributed by atoms with Gasteiger partial charge in [-0.3, -0.25) is 14.4 Å². The lowest BCUT2D eigenvalue weighted by Gasteiger charge is -2.18. The second-order valence-electron chi connectivity index (χ2n) is 21.6. The van der Waals surface area contributed by atoms with E-state index in [1.807, 2.05) is 0 Å². The lowest BCUT2D eigenvalue weighted by atomic mass is 10.1. The van der Waals surface area contributed by atoms with E-state index in [-0.39, 0.29) is 31.1 Å². The van der Waals surface area contributed by atoms with Crippen LogP contribution in [0.4, 0.5) is 0 Å². The minimum Gasteiger partial charge on any atom is -0.462 e. The molecule has 6 heteroatoms. The molecule has 450 valence electrons. The summed E-state index contributed by atoms with van der Waals surface area (Å²) in [5.41, 5.74) is 0. The quantitative estimate of drug-likeness (QED) is 0.0261. The van der Waals surface area contributed by atoms with Gasteiger partial charge in [0, 0.05) is 19.3 Å². The molecule has 0 spiro atoms. The highest BCUT2D eigenvalue weighted by atomic mass is 16.6. The average molecular weight is 1100 g/mol. The van der Waals surface area contributed by atoms with Crippen molar-refractivity contribution in [2.45, 2.75) is 309 Å². The van der Waals surface area contributed by atoms with E-state index in [1.165, 1.54) is 135 Å². The molecule has 6 nitrogen and oxygen atoms in total. The molecule has 0 aromatic carbocycles. The van der Waals surface area contributed by atoms with E-state index >= 15 is 0 Å². The Balaban J connectivity index is 4.29. The summed E-state index contributed by atoms with van der Waals surface area (Å²) in [6.45, 7) is 6.48. The van der Waals surface area contributed by atoms with Crippen molar-refractivity contribution >= 4 is 17.9 Å². The molecule has 0 N–H and O–H groups in total. The van der Waals surface area contributed by atoms with Gasteiger partial charge >= 0.3 is 17.9 Å². The normalized spacial score (nSPS) is 12.9. The van der Waals surface area contributed by atoms with E-state index in [4.69, 9.17) is 14.2 Å². The molecule has 0 radical (unpaired) electrons. The number of rotatable bonds is 59. The molecule has 0 aliphatic rings. The van der Waals surface area contributed by atoms with Gasteiger partial charge in [-0.05, 0) is 135 Å². The summed E-state index contributed by atoms with van der Waals surface area (Å²) < 4.78 is 16.9. The van der Waals surface area contributed by atoms with Crippen LogP contribution in [0.3, 0.4) is 0 Å². The lowest BCUT2D eigenvalue weighted by molar-refractivity contribution is -0.167. The molecule has 0 aliphatic carbocycles. The van der Waals surface area contributed by atoms with Gasteiger partial charge in [0.2, 0.25) is 0 Å². The Hall–Kier alpha value is -4.19. The average Bonchev–Trinajstić information content (AvgIpc) is 3.45. The van der Waals surface area contributed by atoms with Gasteiger partial charge in [0.1, 0.15) is 13.2 Å². The van der Waals surface area contributed by atoms with Crippen LogP contribution in [0.2, 0.25) is 0 Å². The van der Waals surface area contributed by atoms with Crippen LogP contribution in [0.5, 0.6) is 0 Å². The van der Waals surface area contributed by atoms with Crippen molar-refractivity contribution in [3.05, 3.63) is 122 Å². The molecular weight excluding hydrogens is 973 g/mol. The van der Waals surface area contributed by atoms with Crippen LogP contribution >= 0.6 is 0 Å². The van der Waals surface area contributed by atoms with Gasteiger partial charge < -0.3 is 14.2 Å². The first kappa shape index (κ1) is 74.8. The summed E-state index contributed by atoms with van der Waals surface area (Å²) >= 11 is 0. The third kappa shape index (κ3) is 64.5. The number of allylic oxidation sites excluding steroid dienone is 20. The van der Waals surface area contributed by atoms with Crippen LogP contribution in [0, 0.1) is 0 Å². The summed E-state index contributed by atoms with van der Waals surface area (Å²) in [7, 11) is 0. The first-order chi connectivity index (χ1) is 39.0. The van der Waals surface area contributed by atoms with Crippen LogP contribution in [0.15, 0.2) is 122 Å². The number of carbonyl (C=O) groups excluding carboxylic acids is 3. The molecule has 0 amide bonds. The summed E-state index contributed by atoms with van der Waals surface area (Å²) in [6.07, 6.45) is 92.1. The highest BCUT2D eigenvalue weighted by Crippen LogP contribution is 2.15. The van der Waals surface area contributed by atoms with Crippen molar-refractivity contribution in [1.82, 2.24) is 0 Å². The minimum atomic E-state index is -0.791. The van der Waals surface area contributed by atoms with Crippen LogP contribution in [0.1, 0.15) is 303 Å². The maximum Gasteiger partial charge on any atom is 0.306 e. The molecule has 1 unspecified atom stereocenters. The number of carbonyl (C=O) groups is 3. The van der Waals surface area contributed by atoms with Gasteiger partial charge in [-0.15, -0.1) is 0 Å². The monoisotopic (exact) mass is 1090 g/mol. The van der Waals surface area contributed by atoms with Crippen molar-refractivity contribution in [3.8, 4) is 0 Å². The molecule has 0 aromatic heterocycles. The molecule has 1 atom stereocenters. The van der Waals surface area contributed by atoms with Crippen molar-refractivity contribution in [1.29, 1.82) is 0 Å². The summed E-state index contributed by atoms with van der Waals surface area (Å²) in [6, 6.07) is 0. The third-order valence-electron chi connectivity index (χ3n) is 13.9. The second-order valence-corrected chi connectivity index (χ2v) is 21.6. The minimum absolute atomic E-state index is 0.0881. The first-order valence-electron chi connectivity index (χ1n) is 33.0. The number of hydrogen-bond acceptors (Lipinski definition) is 6. The SMILES string of the molecule is CC/C=C\C/C=C\C/C=C\C/C=C\C/C=C\C/C=C\C/C=C\CCCCCCCCCCCC(=O)OCC(COC(=O)CCCCCCC/C=C\CCCCC)OC(=O)CCCCCCCCC/C=C\C/C=C\CCCCCC. The maximum absolute atomic E-state index is 12.9. The number of unbranched alkanes of at least 4 members (excludes halogenated alkanes) is 28. The van der Waals surface area contributed by atoms with Gasteiger partial charge in [0.05, 0.1) is 0 Å². The fraction of sp³-hybridized carbons (Fsp3) is 0.685. The van der Waals surface area contributed by atoms with E-state index in [0.717, 1.165) is 128 Å². The Morgan fingerprint density at radius 1 is 0.266 bits per heavy atom. The standard InChI is InChI=1S/C73H122O6/c1-4-7-10-13-16-19-22-25-27-29-31-32-33-34-35-36-37-38-39-40-41-42-43-45-46-48-51-54-57-60-63-66-72(75)78-69-70(68-77-71(74)65-62-59-56-53-50-24-21-18-15-12-9-6-3)79-73(76)67-64-61-58-55-52-49-47-44-30-28-26-23-20-17-14-11-8-5-2/h7,10,16,18-21,23,25,27-28,30-32,34-35,37-38,40-41,70H,4-6,8-9,11-15,17,22,24,26,29,33,36,39,42-69H2,1-3H3/b10-7-,19-16-,21-18-,23-20-,27-25-,30-28-,32-31-,35-34-,38-37-,41-40-. The van der Waals surface area contributed by atoms with E-state index < -0.39 is 6.10 Å². The second kappa shape index (κ2) is 66.3. The summed E-state index contributed by atoms with van der Waals surface area (Å²) in [5, 5.41) is 0. The molecule has 0 heterocycles. The Morgan fingerprint density at radius 2 is 0.494 bits per heavy atom. The Morgan fingerprint density at radius 3 is 0.810 bits per heavy atom. The van der Waals surface area contributed by atoms with Gasteiger partial charge in [0.15, 0.2) is 6.10 Å². The van der Waals surface area contributed by atoms with Gasteiger partial charge in [-0.1, -0.05) is 271 Å². The lowest BCUT2D eigenvalue weighted by Crippen LogP contribution is -2.30. The van der Waals surface area contributed by atoms with Crippen LogP contribution in [-0.2, 0) is 28.6 Å². The first-order valence-corrected chi connectivity index (χ1v) is 33.0. The van der Waals surface area contributed by atoms with Crippen LogP contribution < -0.4 is 0 Å². The highest BCUT2D eigenvalue weighted by Gasteiger charge is 2.19. The molecule has 0 fully saturated rings. The molecule has 0 aliphatic heterocycles. The predicted molar refractivity (Wildman–Crippen MR) is 343 cm³/mol. The zero-order valence-electron chi connectivity index (χ0n) is 51.6. The Kier molecular flexibility index (Phi) is 62.8. The van der Waals surface area contributed by atoms with Gasteiger partial charge in [0.25, 0.3) is 0 Å². The largest absolute Gasteiger partial charge is 0.462 e. The number of esters is 3. The van der Waals surface area contributed by atoms with Crippen molar-refractivity contribution in [2.24, 2.45) is 0 Å². The molecule has 0 saturated carbocycles. The Bertz CT molecular complexity index is 1640. The molecular formula is C73H122O6. The van der Waals surface area contributed by atoms with E-state index in [9.17, 15) is 14.4 Å². The van der Waals surface area contributed by atoms with Crippen LogP contribution in [-0.4, -0.2) is 37.2 Å². The molecule has 79 heavy (non-hydrogen) atoms. The fourth-order valence-electron chi connectivity index (χ4n) is 8.98. The zero-order valence-corrected chi connectivity index (χ0v) is 51.6. The van der Waals surface area contributed by atoms with Crippen molar-refractivity contribution in [2.75, 3.05) is 13.2 Å². The zero-order chi connectivity index (χ0) is 57.1. The number of ether oxygens (including phenoxy) is 3. The van der Waals surface area contributed by atoms with Crippen molar-refractivity contribution < 1.29 is 28.6 Å². The van der Waals surface area contributed by atoms with Crippen molar-refractivity contribution in [3.63, 3.8) is 0 Å². The smallest absolute Gasteiger partial charge is 0.306 e. The van der Waals surface area contributed by atoms with Gasteiger partial charge in [-0.25, -0.2) is 0 Å². The highest BCUT2D eigenvalue weighted by molar-refractivity contribution is 5.71. The molecule has 0 aromatic rings. The summed E-state index contributed by atoms with van der Waals surface area (Å²) in [5.74, 6) is -0.905. The third-order valence-corrected chi connectivity index (χ3v) is 13.9. The molecule has 0 rings (SSSR count). The van der Waals surface area contributed by atoms with Gasteiger partial charge in [-0.2, -0.15) is 0 Å². The summed E-state index contributed by atoms with van der Waals surface area (Å²) in [4.78, 5) is 38.3. The van der Waals surface area contributed by atoms with E-state index in [1.54, 1.807) is 0 Å². The van der Waals surface area contributed by atoms with Crippen LogP contribution in [0.25, 0.3) is 0 Å². The molecule has 0 saturated heterocycles.